The largest absolute Gasteiger partial charge is 0.480 e. The summed E-state index contributed by atoms with van der Waals surface area (Å²) in [5.74, 6) is -2.06. The molecule has 0 aliphatic heterocycles. The number of aliphatic carboxylic acids is 1. The van der Waals surface area contributed by atoms with Gasteiger partial charge in [0, 0.05) is 5.92 Å². The van der Waals surface area contributed by atoms with Gasteiger partial charge in [-0.3, -0.25) is 4.79 Å². The highest BCUT2D eigenvalue weighted by atomic mass is 19.1. The maximum atomic E-state index is 13.5. The summed E-state index contributed by atoms with van der Waals surface area (Å²) in [7, 11) is 0. The van der Waals surface area contributed by atoms with Gasteiger partial charge in [-0.15, -0.1) is 6.58 Å². The summed E-state index contributed by atoms with van der Waals surface area (Å²) in [5.41, 5.74) is 0.559. The zero-order valence-corrected chi connectivity index (χ0v) is 12.7. The third kappa shape index (κ3) is 5.68. The van der Waals surface area contributed by atoms with Crippen LogP contribution in [-0.4, -0.2) is 23.0 Å². The van der Waals surface area contributed by atoms with Crippen molar-refractivity contribution in [2.75, 3.05) is 0 Å². The van der Waals surface area contributed by atoms with Crippen LogP contribution < -0.4 is 5.32 Å². The Labute approximate surface area is 130 Å². The summed E-state index contributed by atoms with van der Waals surface area (Å²) < 4.78 is 13.5. The summed E-state index contributed by atoms with van der Waals surface area (Å²) in [5, 5.41) is 11.6. The molecular weight excluding hydrogens is 285 g/mol. The second kappa shape index (κ2) is 8.97. The number of aryl methyl sites for hydroxylation is 1. The fraction of sp³-hybridized carbons (Fsp3) is 0.412. The van der Waals surface area contributed by atoms with Crippen molar-refractivity contribution in [3.63, 3.8) is 0 Å². The standard InChI is InChI=1S/C17H22FNO3/c1-3-4-9-15(17(21)22)19-16(20)12(2)10-11-13-7-5-6-8-14(13)18/h3,5-8,12,15H,1,4,9-11H2,2H3,(H,19,20)(H,21,22). The van der Waals surface area contributed by atoms with Crippen molar-refractivity contribution in [3.8, 4) is 0 Å². The minimum Gasteiger partial charge on any atom is -0.480 e. The molecule has 0 radical (unpaired) electrons. The number of allylic oxidation sites excluding steroid dienone is 1. The number of carbonyl (C=O) groups excluding carboxylic acids is 1. The normalized spacial score (nSPS) is 13.2. The van der Waals surface area contributed by atoms with Crippen molar-refractivity contribution in [2.45, 2.75) is 38.6 Å². The van der Waals surface area contributed by atoms with E-state index in [1.54, 1.807) is 31.2 Å². The number of carboxylic acid groups (broad SMARTS) is 1. The van der Waals surface area contributed by atoms with E-state index in [0.717, 1.165) is 0 Å². The van der Waals surface area contributed by atoms with Crippen molar-refractivity contribution in [2.24, 2.45) is 5.92 Å². The predicted molar refractivity (Wildman–Crippen MR) is 82.9 cm³/mol. The molecule has 1 rings (SSSR count). The molecule has 2 atom stereocenters. The molecule has 0 heterocycles. The summed E-state index contributed by atoms with van der Waals surface area (Å²) in [6, 6.07) is 5.52. The average Bonchev–Trinajstić information content (AvgIpc) is 2.49. The first kappa shape index (κ1) is 17.9. The van der Waals surface area contributed by atoms with E-state index in [2.05, 4.69) is 11.9 Å². The van der Waals surface area contributed by atoms with Gasteiger partial charge in [0.1, 0.15) is 11.9 Å². The van der Waals surface area contributed by atoms with Gasteiger partial charge in [0.05, 0.1) is 0 Å². The van der Waals surface area contributed by atoms with Crippen molar-refractivity contribution < 1.29 is 19.1 Å². The van der Waals surface area contributed by atoms with Crippen LogP contribution in [-0.2, 0) is 16.0 Å². The molecule has 1 aromatic rings. The molecule has 2 unspecified atom stereocenters. The van der Waals surface area contributed by atoms with Crippen molar-refractivity contribution in [1.82, 2.24) is 5.32 Å². The molecule has 0 aliphatic rings. The Morgan fingerprint density at radius 1 is 1.36 bits per heavy atom. The van der Waals surface area contributed by atoms with Crippen LogP contribution in [0.15, 0.2) is 36.9 Å². The number of halogens is 1. The first-order valence-corrected chi connectivity index (χ1v) is 7.33. The van der Waals surface area contributed by atoms with Gasteiger partial charge in [-0.25, -0.2) is 9.18 Å². The van der Waals surface area contributed by atoms with Crippen molar-refractivity contribution in [1.29, 1.82) is 0 Å². The number of rotatable bonds is 9. The van der Waals surface area contributed by atoms with Crippen LogP contribution >= 0.6 is 0 Å². The molecule has 0 saturated carbocycles. The third-order valence-corrected chi connectivity index (χ3v) is 3.53. The fourth-order valence-electron chi connectivity index (χ4n) is 2.06. The fourth-order valence-corrected chi connectivity index (χ4v) is 2.06. The first-order valence-electron chi connectivity index (χ1n) is 7.33. The monoisotopic (exact) mass is 307 g/mol. The van der Waals surface area contributed by atoms with Crippen LogP contribution in [0.2, 0.25) is 0 Å². The molecule has 0 spiro atoms. The number of nitrogens with one attached hydrogen (secondary N) is 1. The van der Waals surface area contributed by atoms with E-state index < -0.39 is 12.0 Å². The van der Waals surface area contributed by atoms with Gasteiger partial charge in [-0.2, -0.15) is 0 Å². The van der Waals surface area contributed by atoms with E-state index in [1.807, 2.05) is 0 Å². The second-order valence-corrected chi connectivity index (χ2v) is 5.30. The van der Waals surface area contributed by atoms with Crippen molar-refractivity contribution in [3.05, 3.63) is 48.3 Å². The zero-order valence-electron chi connectivity index (χ0n) is 12.7. The molecular formula is C17H22FNO3. The summed E-state index contributed by atoms with van der Waals surface area (Å²) >= 11 is 0. The Morgan fingerprint density at radius 3 is 2.64 bits per heavy atom. The molecule has 2 N–H and O–H groups in total. The maximum Gasteiger partial charge on any atom is 0.326 e. The molecule has 120 valence electrons. The summed E-state index contributed by atoms with van der Waals surface area (Å²) in [6.07, 6.45) is 3.33. The molecule has 0 fully saturated rings. The molecule has 5 heteroatoms. The Kier molecular flexibility index (Phi) is 7.29. The molecule has 1 amide bonds. The average molecular weight is 307 g/mol. The number of hydrogen-bond acceptors (Lipinski definition) is 2. The van der Waals surface area contributed by atoms with Crippen molar-refractivity contribution >= 4 is 11.9 Å². The molecule has 0 bridgehead atoms. The Bertz CT molecular complexity index is 530. The van der Waals surface area contributed by atoms with E-state index in [4.69, 9.17) is 5.11 Å². The lowest BCUT2D eigenvalue weighted by atomic mass is 9.99. The molecule has 0 aliphatic carbocycles. The number of carbonyl (C=O) groups is 2. The van der Waals surface area contributed by atoms with Crippen LogP contribution in [0, 0.1) is 11.7 Å². The summed E-state index contributed by atoms with van der Waals surface area (Å²) in [6.45, 7) is 5.25. The van der Waals surface area contributed by atoms with E-state index in [1.165, 1.54) is 6.07 Å². The second-order valence-electron chi connectivity index (χ2n) is 5.30. The highest BCUT2D eigenvalue weighted by Gasteiger charge is 2.22. The highest BCUT2D eigenvalue weighted by Crippen LogP contribution is 2.13. The Balaban J connectivity index is 2.51. The van der Waals surface area contributed by atoms with Crippen LogP contribution in [0.4, 0.5) is 4.39 Å². The van der Waals surface area contributed by atoms with E-state index >= 15 is 0 Å². The topological polar surface area (TPSA) is 66.4 Å². The lowest BCUT2D eigenvalue weighted by Gasteiger charge is -2.17. The molecule has 1 aromatic carbocycles. The minimum absolute atomic E-state index is 0.287. The van der Waals surface area contributed by atoms with Gasteiger partial charge in [0.25, 0.3) is 0 Å². The van der Waals surface area contributed by atoms with E-state index in [9.17, 15) is 14.0 Å². The van der Waals surface area contributed by atoms with Gasteiger partial charge >= 0.3 is 5.97 Å². The van der Waals surface area contributed by atoms with Gasteiger partial charge in [-0.05, 0) is 37.3 Å². The maximum absolute atomic E-state index is 13.5. The number of amides is 1. The number of benzene rings is 1. The van der Waals surface area contributed by atoms with Crippen LogP contribution in [0.25, 0.3) is 0 Å². The third-order valence-electron chi connectivity index (χ3n) is 3.53. The van der Waals surface area contributed by atoms with Crippen LogP contribution in [0.5, 0.6) is 0 Å². The lowest BCUT2D eigenvalue weighted by Crippen LogP contribution is -2.43. The van der Waals surface area contributed by atoms with Gasteiger partial charge in [0.2, 0.25) is 5.91 Å². The zero-order chi connectivity index (χ0) is 16.5. The quantitative estimate of drug-likeness (QED) is 0.689. The van der Waals surface area contributed by atoms with Gasteiger partial charge < -0.3 is 10.4 Å². The molecule has 22 heavy (non-hydrogen) atoms. The molecule has 0 saturated heterocycles. The van der Waals surface area contributed by atoms with Crippen LogP contribution in [0.3, 0.4) is 0 Å². The predicted octanol–water partition coefficient (Wildman–Crippen LogP) is 2.93. The van der Waals surface area contributed by atoms with Crippen LogP contribution in [0.1, 0.15) is 31.7 Å². The lowest BCUT2D eigenvalue weighted by molar-refractivity contribution is -0.142. The SMILES string of the molecule is C=CCCC(NC(=O)C(C)CCc1ccccc1F)C(=O)O. The van der Waals surface area contributed by atoms with E-state index in [0.29, 0.717) is 31.2 Å². The number of hydrogen-bond donors (Lipinski definition) is 2. The molecule has 4 nitrogen and oxygen atoms in total. The van der Waals surface area contributed by atoms with Gasteiger partial charge in [0.15, 0.2) is 0 Å². The highest BCUT2D eigenvalue weighted by molar-refractivity contribution is 5.84. The molecule has 0 aromatic heterocycles. The smallest absolute Gasteiger partial charge is 0.326 e. The minimum atomic E-state index is -1.06. The van der Waals surface area contributed by atoms with Gasteiger partial charge in [-0.1, -0.05) is 31.2 Å². The first-order chi connectivity index (χ1) is 10.5. The number of carboxylic acids is 1. The summed E-state index contributed by atoms with van der Waals surface area (Å²) in [4.78, 5) is 23.1. The Hall–Kier alpha value is -2.17. The Morgan fingerprint density at radius 2 is 2.05 bits per heavy atom. The van der Waals surface area contributed by atoms with E-state index in [-0.39, 0.29) is 17.6 Å².